The summed E-state index contributed by atoms with van der Waals surface area (Å²) in [7, 11) is 1.61. The molecule has 20 heavy (non-hydrogen) atoms. The van der Waals surface area contributed by atoms with Crippen molar-refractivity contribution in [3.8, 4) is 17.1 Å². The second-order valence-corrected chi connectivity index (χ2v) is 5.24. The summed E-state index contributed by atoms with van der Waals surface area (Å²) < 4.78 is 10.7. The molecule has 0 spiro atoms. The van der Waals surface area contributed by atoms with E-state index in [-0.39, 0.29) is 6.04 Å². The van der Waals surface area contributed by atoms with Crippen molar-refractivity contribution in [2.45, 2.75) is 25.3 Å². The lowest BCUT2D eigenvalue weighted by molar-refractivity contribution is 0.297. The molecule has 1 aliphatic rings. The molecule has 1 fully saturated rings. The smallest absolute Gasteiger partial charge is 0.244 e. The van der Waals surface area contributed by atoms with Crippen LogP contribution in [0.3, 0.4) is 0 Å². The molecule has 5 nitrogen and oxygen atoms in total. The van der Waals surface area contributed by atoms with Crippen molar-refractivity contribution in [3.05, 3.63) is 29.1 Å². The first-order valence-electron chi connectivity index (χ1n) is 6.69. The topological polar surface area (TPSA) is 60.2 Å². The fourth-order valence-corrected chi connectivity index (χ4v) is 2.58. The van der Waals surface area contributed by atoms with E-state index in [2.05, 4.69) is 15.5 Å². The number of piperidine rings is 1. The van der Waals surface area contributed by atoms with E-state index >= 15 is 0 Å². The zero-order valence-corrected chi connectivity index (χ0v) is 12.0. The van der Waals surface area contributed by atoms with Gasteiger partial charge in [0.1, 0.15) is 5.75 Å². The average molecular weight is 294 g/mol. The molecule has 1 atom stereocenters. The van der Waals surface area contributed by atoms with Crippen LogP contribution in [0.15, 0.2) is 22.7 Å². The summed E-state index contributed by atoms with van der Waals surface area (Å²) in [5.74, 6) is 1.81. The number of halogens is 1. The van der Waals surface area contributed by atoms with E-state index in [0.29, 0.717) is 22.5 Å². The molecule has 0 unspecified atom stereocenters. The average Bonchev–Trinajstić information content (AvgIpc) is 2.98. The lowest BCUT2D eigenvalue weighted by Crippen LogP contribution is -2.26. The van der Waals surface area contributed by atoms with Gasteiger partial charge in [0.05, 0.1) is 18.7 Å². The predicted molar refractivity (Wildman–Crippen MR) is 75.9 cm³/mol. The maximum Gasteiger partial charge on any atom is 0.244 e. The summed E-state index contributed by atoms with van der Waals surface area (Å²) >= 11 is 6.03. The van der Waals surface area contributed by atoms with E-state index in [1.807, 2.05) is 0 Å². The van der Waals surface area contributed by atoms with Crippen LogP contribution in [-0.2, 0) is 0 Å². The first-order valence-corrected chi connectivity index (χ1v) is 7.06. The Bertz CT molecular complexity index is 594. The minimum absolute atomic E-state index is 0.148. The molecule has 106 valence electrons. The number of aromatic nitrogens is 2. The molecule has 2 aromatic rings. The molecule has 0 amide bonds. The number of benzene rings is 1. The molecule has 2 heterocycles. The quantitative estimate of drug-likeness (QED) is 0.941. The van der Waals surface area contributed by atoms with Crippen molar-refractivity contribution >= 4 is 11.6 Å². The maximum absolute atomic E-state index is 6.03. The molecule has 1 aromatic carbocycles. The summed E-state index contributed by atoms with van der Waals surface area (Å²) in [6, 6.07) is 5.50. The Hall–Kier alpha value is -1.59. The van der Waals surface area contributed by atoms with Crippen molar-refractivity contribution in [2.75, 3.05) is 13.7 Å². The highest BCUT2D eigenvalue weighted by Crippen LogP contribution is 2.32. The van der Waals surface area contributed by atoms with E-state index in [1.165, 1.54) is 12.8 Å². The van der Waals surface area contributed by atoms with E-state index < -0.39 is 0 Å². The van der Waals surface area contributed by atoms with Gasteiger partial charge in [0, 0.05) is 5.02 Å². The molecule has 6 heteroatoms. The molecule has 0 radical (unpaired) electrons. The second-order valence-electron chi connectivity index (χ2n) is 4.80. The van der Waals surface area contributed by atoms with Crippen LogP contribution in [0.2, 0.25) is 5.02 Å². The van der Waals surface area contributed by atoms with Gasteiger partial charge in [-0.2, -0.15) is 4.98 Å². The largest absolute Gasteiger partial charge is 0.496 e. The van der Waals surface area contributed by atoms with Gasteiger partial charge in [-0.3, -0.25) is 0 Å². The van der Waals surface area contributed by atoms with Crippen LogP contribution in [0.25, 0.3) is 11.4 Å². The Balaban J connectivity index is 1.91. The van der Waals surface area contributed by atoms with Crippen molar-refractivity contribution in [1.82, 2.24) is 15.5 Å². The SMILES string of the molecule is COc1ccc(Cl)cc1-c1noc([C@@H]2CCCCN2)n1. The van der Waals surface area contributed by atoms with E-state index in [0.717, 1.165) is 18.5 Å². The molecule has 0 aliphatic carbocycles. The third-order valence-corrected chi connectivity index (χ3v) is 3.69. The minimum Gasteiger partial charge on any atom is -0.496 e. The van der Waals surface area contributed by atoms with Crippen LogP contribution in [0.4, 0.5) is 0 Å². The van der Waals surface area contributed by atoms with E-state index in [1.54, 1.807) is 25.3 Å². The summed E-state index contributed by atoms with van der Waals surface area (Å²) in [5.41, 5.74) is 0.741. The number of methoxy groups -OCH3 is 1. The Kier molecular flexibility index (Phi) is 3.89. The minimum atomic E-state index is 0.148. The number of ether oxygens (including phenoxy) is 1. The maximum atomic E-state index is 6.03. The number of hydrogen-bond donors (Lipinski definition) is 1. The normalized spacial score (nSPS) is 19.0. The van der Waals surface area contributed by atoms with Gasteiger partial charge < -0.3 is 14.6 Å². The standard InChI is InChI=1S/C14H16ClN3O2/c1-19-12-6-5-9(15)8-10(12)13-17-14(20-18-13)11-4-2-3-7-16-11/h5-6,8,11,16H,2-4,7H2,1H3/t11-/m0/s1. The molecule has 1 N–H and O–H groups in total. The number of nitrogens with zero attached hydrogens (tertiary/aromatic N) is 2. The molecule has 1 aromatic heterocycles. The Labute approximate surface area is 122 Å². The first kappa shape index (κ1) is 13.4. The van der Waals surface area contributed by atoms with Gasteiger partial charge in [0.25, 0.3) is 0 Å². The first-order chi connectivity index (χ1) is 9.78. The third-order valence-electron chi connectivity index (χ3n) is 3.45. The van der Waals surface area contributed by atoms with E-state index in [4.69, 9.17) is 20.9 Å². The summed E-state index contributed by atoms with van der Waals surface area (Å²) in [4.78, 5) is 4.47. The lowest BCUT2D eigenvalue weighted by Gasteiger charge is -2.19. The van der Waals surface area contributed by atoms with Crippen molar-refractivity contribution in [1.29, 1.82) is 0 Å². The predicted octanol–water partition coefficient (Wildman–Crippen LogP) is 3.21. The molecule has 1 aliphatic heterocycles. The van der Waals surface area contributed by atoms with Crippen molar-refractivity contribution in [3.63, 3.8) is 0 Å². The highest BCUT2D eigenvalue weighted by molar-refractivity contribution is 6.30. The van der Waals surface area contributed by atoms with Gasteiger partial charge in [0.15, 0.2) is 0 Å². The van der Waals surface area contributed by atoms with Crippen LogP contribution in [0.5, 0.6) is 5.75 Å². The van der Waals surface area contributed by atoms with Gasteiger partial charge in [-0.25, -0.2) is 0 Å². The van der Waals surface area contributed by atoms with Gasteiger partial charge in [-0.15, -0.1) is 0 Å². The molecular weight excluding hydrogens is 278 g/mol. The zero-order valence-electron chi connectivity index (χ0n) is 11.2. The number of nitrogens with one attached hydrogen (secondary N) is 1. The van der Waals surface area contributed by atoms with Crippen LogP contribution < -0.4 is 10.1 Å². The summed E-state index contributed by atoms with van der Waals surface area (Å²) in [6.07, 6.45) is 3.39. The lowest BCUT2D eigenvalue weighted by atomic mass is 10.1. The molecule has 0 bridgehead atoms. The van der Waals surface area contributed by atoms with Gasteiger partial charge in [0.2, 0.25) is 11.7 Å². The Morgan fingerprint density at radius 3 is 3.05 bits per heavy atom. The Morgan fingerprint density at radius 2 is 2.30 bits per heavy atom. The summed E-state index contributed by atoms with van der Waals surface area (Å²) in [6.45, 7) is 0.989. The monoisotopic (exact) mass is 293 g/mol. The van der Waals surface area contributed by atoms with Crippen LogP contribution >= 0.6 is 11.6 Å². The third kappa shape index (κ3) is 2.64. The van der Waals surface area contributed by atoms with Gasteiger partial charge >= 0.3 is 0 Å². The molecule has 3 rings (SSSR count). The van der Waals surface area contributed by atoms with Crippen LogP contribution in [0.1, 0.15) is 31.2 Å². The zero-order chi connectivity index (χ0) is 13.9. The van der Waals surface area contributed by atoms with Crippen LogP contribution in [-0.4, -0.2) is 23.8 Å². The van der Waals surface area contributed by atoms with Crippen molar-refractivity contribution < 1.29 is 9.26 Å². The van der Waals surface area contributed by atoms with Gasteiger partial charge in [-0.05, 0) is 37.6 Å². The van der Waals surface area contributed by atoms with E-state index in [9.17, 15) is 0 Å². The molecular formula is C14H16ClN3O2. The van der Waals surface area contributed by atoms with Crippen molar-refractivity contribution in [2.24, 2.45) is 0 Å². The number of rotatable bonds is 3. The summed E-state index contributed by atoms with van der Waals surface area (Å²) in [5, 5.41) is 8.05. The highest BCUT2D eigenvalue weighted by atomic mass is 35.5. The second kappa shape index (κ2) is 5.81. The highest BCUT2D eigenvalue weighted by Gasteiger charge is 2.22. The Morgan fingerprint density at radius 1 is 1.40 bits per heavy atom. The molecule has 1 saturated heterocycles. The fourth-order valence-electron chi connectivity index (χ4n) is 2.40. The fraction of sp³-hybridized carbons (Fsp3) is 0.429. The molecule has 0 saturated carbocycles. The van der Waals surface area contributed by atoms with Crippen LogP contribution in [0, 0.1) is 0 Å². The van der Waals surface area contributed by atoms with Gasteiger partial charge in [-0.1, -0.05) is 23.2 Å². The number of hydrogen-bond acceptors (Lipinski definition) is 5.